The van der Waals surface area contributed by atoms with Crippen molar-refractivity contribution in [1.29, 1.82) is 0 Å². The lowest BCUT2D eigenvalue weighted by molar-refractivity contribution is -0.141. The van der Waals surface area contributed by atoms with E-state index in [1.807, 2.05) is 19.6 Å². The van der Waals surface area contributed by atoms with E-state index in [1.54, 1.807) is 6.92 Å². The molecular formula is C13H33NO3Si3. The largest absolute Gasteiger partial charge is 0.519 e. The minimum Gasteiger partial charge on any atom is -0.519 e. The minimum absolute atomic E-state index is 0.246. The van der Waals surface area contributed by atoms with Crippen molar-refractivity contribution in [1.82, 2.24) is 4.23 Å². The molecule has 0 saturated heterocycles. The monoisotopic (exact) mass is 335 g/mol. The van der Waals surface area contributed by atoms with Gasteiger partial charge >= 0.3 is 5.97 Å². The summed E-state index contributed by atoms with van der Waals surface area (Å²) >= 11 is 0. The molecule has 20 heavy (non-hydrogen) atoms. The predicted octanol–water partition coefficient (Wildman–Crippen LogP) is 3.09. The zero-order chi connectivity index (χ0) is 16.5. The molecule has 0 aromatic heterocycles. The quantitative estimate of drug-likeness (QED) is 0.758. The molecule has 0 amide bonds. The summed E-state index contributed by atoms with van der Waals surface area (Å²) in [5.74, 6) is -0.246. The smallest absolute Gasteiger partial charge is 0.311 e. The molecule has 0 aromatic rings. The van der Waals surface area contributed by atoms with Gasteiger partial charge in [0.15, 0.2) is 0 Å². The van der Waals surface area contributed by atoms with Gasteiger partial charge in [0.05, 0.1) is 6.10 Å². The second-order valence-corrected chi connectivity index (χ2v) is 23.0. The van der Waals surface area contributed by atoms with Crippen LogP contribution in [0.25, 0.3) is 0 Å². The first-order valence-corrected chi connectivity index (χ1v) is 17.6. The summed E-state index contributed by atoms with van der Waals surface area (Å²) in [5, 5.41) is 10.2. The van der Waals surface area contributed by atoms with E-state index in [0.29, 0.717) is 0 Å². The van der Waals surface area contributed by atoms with Crippen molar-refractivity contribution in [3.8, 4) is 0 Å². The van der Waals surface area contributed by atoms with Crippen molar-refractivity contribution < 1.29 is 14.3 Å². The molecule has 0 rings (SSSR count). The van der Waals surface area contributed by atoms with E-state index >= 15 is 0 Å². The van der Waals surface area contributed by atoms with Crippen LogP contribution in [0.3, 0.4) is 0 Å². The fourth-order valence-electron chi connectivity index (χ4n) is 2.72. The topological polar surface area (TPSA) is 49.8 Å². The third kappa shape index (κ3) is 6.21. The lowest BCUT2D eigenvalue weighted by Gasteiger charge is -2.48. The van der Waals surface area contributed by atoms with Gasteiger partial charge in [-0.2, -0.15) is 0 Å². The summed E-state index contributed by atoms with van der Waals surface area (Å²) < 4.78 is 8.00. The fraction of sp³-hybridized carbons (Fsp3) is 0.923. The van der Waals surface area contributed by atoms with E-state index in [4.69, 9.17) is 4.43 Å². The lowest BCUT2D eigenvalue weighted by Crippen LogP contribution is -2.68. The van der Waals surface area contributed by atoms with Crippen molar-refractivity contribution >= 4 is 30.8 Å². The molecule has 0 radical (unpaired) electrons. The molecule has 2 atom stereocenters. The lowest BCUT2D eigenvalue weighted by atomic mass is 10.2. The number of aliphatic hydroxyl groups excluding tert-OH is 1. The third-order valence-corrected chi connectivity index (χ3v) is 11.1. The molecule has 4 nitrogen and oxygen atoms in total. The van der Waals surface area contributed by atoms with Crippen LogP contribution in [0, 0.1) is 0 Å². The molecule has 0 aliphatic heterocycles. The molecule has 120 valence electrons. The Bertz CT molecular complexity index is 326. The van der Waals surface area contributed by atoms with Crippen LogP contribution in [0.4, 0.5) is 0 Å². The molecule has 0 bridgehead atoms. The van der Waals surface area contributed by atoms with Crippen LogP contribution in [-0.2, 0) is 9.22 Å². The standard InChI is InChI=1S/C13H33NO3Si3/c1-11(15)12(13(16)17-20(8,9)10)14(18(2,3)4)19(5,6)7/h11-12,15H,1-10H3/t11-,12+/m1/s1. The van der Waals surface area contributed by atoms with Crippen LogP contribution in [0.5, 0.6) is 0 Å². The van der Waals surface area contributed by atoms with Crippen molar-refractivity contribution in [2.45, 2.75) is 78.0 Å². The Morgan fingerprint density at radius 3 is 1.50 bits per heavy atom. The van der Waals surface area contributed by atoms with Crippen molar-refractivity contribution in [3.05, 3.63) is 0 Å². The van der Waals surface area contributed by atoms with Gasteiger partial charge in [0.2, 0.25) is 8.32 Å². The highest BCUT2D eigenvalue weighted by Gasteiger charge is 2.45. The highest BCUT2D eigenvalue weighted by atomic mass is 28.4. The Morgan fingerprint density at radius 2 is 1.30 bits per heavy atom. The zero-order valence-electron chi connectivity index (χ0n) is 14.9. The molecule has 0 fully saturated rings. The number of hydrogen-bond donors (Lipinski definition) is 1. The molecule has 7 heteroatoms. The van der Waals surface area contributed by atoms with Gasteiger partial charge in [-0.3, -0.25) is 4.79 Å². The van der Waals surface area contributed by atoms with Gasteiger partial charge in [0.1, 0.15) is 22.5 Å². The molecule has 0 heterocycles. The first kappa shape index (κ1) is 20.0. The number of carbonyl (C=O) groups is 1. The molecule has 0 spiro atoms. The van der Waals surface area contributed by atoms with Crippen LogP contribution in [0.1, 0.15) is 6.92 Å². The van der Waals surface area contributed by atoms with Crippen LogP contribution < -0.4 is 0 Å². The highest BCUT2D eigenvalue weighted by molar-refractivity contribution is 6.89. The first-order chi connectivity index (χ1) is 8.57. The minimum atomic E-state index is -1.95. The maximum Gasteiger partial charge on any atom is 0.311 e. The maximum atomic E-state index is 12.6. The van der Waals surface area contributed by atoms with E-state index < -0.39 is 36.9 Å². The summed E-state index contributed by atoms with van der Waals surface area (Å²) in [6.07, 6.45) is -0.711. The molecule has 0 aliphatic carbocycles. The number of hydrogen-bond acceptors (Lipinski definition) is 4. The molecule has 0 saturated carbocycles. The molecular weight excluding hydrogens is 302 g/mol. The van der Waals surface area contributed by atoms with Crippen LogP contribution in [-0.4, -0.2) is 52.2 Å². The average molecular weight is 336 g/mol. The molecule has 0 aromatic carbocycles. The Balaban J connectivity index is 5.59. The highest BCUT2D eigenvalue weighted by Crippen LogP contribution is 2.26. The Hall–Kier alpha value is 0.0406. The van der Waals surface area contributed by atoms with Gasteiger partial charge in [-0.15, -0.1) is 0 Å². The summed E-state index contributed by atoms with van der Waals surface area (Å²) in [7, 11) is -5.42. The first-order valence-electron chi connectivity index (χ1n) is 7.28. The van der Waals surface area contributed by atoms with Crippen LogP contribution >= 0.6 is 0 Å². The van der Waals surface area contributed by atoms with E-state index in [-0.39, 0.29) is 5.97 Å². The number of rotatable bonds is 6. The SMILES string of the molecule is C[C@@H](O)[C@@H](C(=O)O[Si](C)(C)C)N([Si](C)(C)C)[Si](C)(C)C. The van der Waals surface area contributed by atoms with Gasteiger partial charge in [0.25, 0.3) is 0 Å². The second-order valence-electron chi connectivity index (χ2n) is 8.43. The number of aliphatic hydroxyl groups is 1. The molecule has 0 aliphatic rings. The number of carbonyl (C=O) groups excluding carboxylic acids is 1. The predicted molar refractivity (Wildman–Crippen MR) is 93.4 cm³/mol. The summed E-state index contributed by atoms with van der Waals surface area (Å²) in [6.45, 7) is 21.0. The van der Waals surface area contributed by atoms with Crippen molar-refractivity contribution in [3.63, 3.8) is 0 Å². The van der Waals surface area contributed by atoms with E-state index in [0.717, 1.165) is 0 Å². The zero-order valence-corrected chi connectivity index (χ0v) is 17.9. The van der Waals surface area contributed by atoms with Gasteiger partial charge in [-0.25, -0.2) is 0 Å². The van der Waals surface area contributed by atoms with E-state index in [1.165, 1.54) is 0 Å². The number of nitrogens with zero attached hydrogens (tertiary/aromatic N) is 1. The van der Waals surface area contributed by atoms with Gasteiger partial charge < -0.3 is 13.8 Å². The fourth-order valence-corrected chi connectivity index (χ4v) is 13.8. The van der Waals surface area contributed by atoms with Gasteiger partial charge in [0, 0.05) is 0 Å². The van der Waals surface area contributed by atoms with Gasteiger partial charge in [-0.1, -0.05) is 39.3 Å². The molecule has 1 N–H and O–H groups in total. The second kappa shape index (κ2) is 6.43. The molecule has 0 unspecified atom stereocenters. The third-order valence-electron chi connectivity index (χ3n) is 2.83. The summed E-state index contributed by atoms with van der Waals surface area (Å²) in [4.78, 5) is 12.6. The maximum absolute atomic E-state index is 12.6. The Labute approximate surface area is 127 Å². The summed E-state index contributed by atoms with van der Waals surface area (Å²) in [5.41, 5.74) is 0. The van der Waals surface area contributed by atoms with E-state index in [2.05, 4.69) is 43.5 Å². The van der Waals surface area contributed by atoms with E-state index in [9.17, 15) is 9.90 Å². The van der Waals surface area contributed by atoms with Gasteiger partial charge in [-0.05, 0) is 26.6 Å². The van der Waals surface area contributed by atoms with Crippen molar-refractivity contribution in [2.75, 3.05) is 0 Å². The normalized spacial score (nSPS) is 17.0. The Morgan fingerprint density at radius 1 is 0.950 bits per heavy atom. The van der Waals surface area contributed by atoms with Crippen LogP contribution in [0.15, 0.2) is 0 Å². The average Bonchev–Trinajstić information content (AvgIpc) is 2.05. The Kier molecular flexibility index (Phi) is 6.44. The summed E-state index contributed by atoms with van der Waals surface area (Å²) in [6, 6.07) is -0.528. The van der Waals surface area contributed by atoms with Crippen molar-refractivity contribution in [2.24, 2.45) is 0 Å². The van der Waals surface area contributed by atoms with Crippen LogP contribution in [0.2, 0.25) is 58.9 Å².